The Morgan fingerprint density at radius 3 is 1.85 bits per heavy atom. The number of hydrogen-bond donors (Lipinski definition) is 5. The van der Waals surface area contributed by atoms with Gasteiger partial charge in [0, 0.05) is 12.1 Å². The van der Waals surface area contributed by atoms with Crippen molar-refractivity contribution >= 4 is 0 Å². The molecule has 20 heavy (non-hydrogen) atoms. The molecule has 0 spiro atoms. The van der Waals surface area contributed by atoms with E-state index in [1.165, 1.54) is 38.5 Å². The van der Waals surface area contributed by atoms with Crippen molar-refractivity contribution in [3.63, 3.8) is 0 Å². The normalized spacial score (nSPS) is 43.5. The van der Waals surface area contributed by atoms with Crippen molar-refractivity contribution in [2.75, 3.05) is 13.2 Å². The zero-order valence-electron chi connectivity index (χ0n) is 11.9. The minimum atomic E-state index is -1.29. The summed E-state index contributed by atoms with van der Waals surface area (Å²) in [5, 5.41) is 41.3. The molecule has 116 valence electrons. The van der Waals surface area contributed by atoms with E-state index in [2.05, 4.69) is 5.32 Å². The van der Waals surface area contributed by atoms with Crippen LogP contribution in [-0.4, -0.2) is 57.4 Å². The van der Waals surface area contributed by atoms with Crippen LogP contribution < -0.4 is 5.32 Å². The van der Waals surface area contributed by atoms with Gasteiger partial charge in [-0.2, -0.15) is 0 Å². The third-order valence-electron chi connectivity index (χ3n) is 5.70. The van der Waals surface area contributed by atoms with Crippen LogP contribution in [0.15, 0.2) is 0 Å². The third-order valence-corrected chi connectivity index (χ3v) is 5.70. The Bertz CT molecular complexity index is 313. The Morgan fingerprint density at radius 1 is 0.900 bits per heavy atom. The summed E-state index contributed by atoms with van der Waals surface area (Å²) >= 11 is 0. The molecule has 0 aromatic rings. The molecule has 5 nitrogen and oxygen atoms in total. The van der Waals surface area contributed by atoms with Gasteiger partial charge in [0.15, 0.2) is 0 Å². The quantitative estimate of drug-likeness (QED) is 0.459. The van der Waals surface area contributed by atoms with Gasteiger partial charge in [-0.15, -0.1) is 0 Å². The molecule has 0 unspecified atom stereocenters. The molecule has 3 atom stereocenters. The Balaban J connectivity index is 1.55. The first-order valence-electron chi connectivity index (χ1n) is 7.91. The monoisotopic (exact) mass is 285 g/mol. The molecular weight excluding hydrogens is 258 g/mol. The van der Waals surface area contributed by atoms with Gasteiger partial charge in [-0.1, -0.05) is 0 Å². The second kappa shape index (κ2) is 5.54. The number of β-amino-alcohol motifs (C(OH)–C–C–N with tert-alkyl or cyclic N) is 1. The van der Waals surface area contributed by atoms with Gasteiger partial charge in [-0.05, 0) is 56.3 Å². The van der Waals surface area contributed by atoms with Crippen molar-refractivity contribution in [2.45, 2.75) is 62.4 Å². The van der Waals surface area contributed by atoms with E-state index in [-0.39, 0.29) is 12.1 Å². The molecule has 4 fully saturated rings. The topological polar surface area (TPSA) is 93.0 Å². The van der Waals surface area contributed by atoms with E-state index in [0.29, 0.717) is 0 Å². The summed E-state index contributed by atoms with van der Waals surface area (Å²) in [5.41, 5.74) is 0.139. The molecule has 0 amide bonds. The molecule has 0 aromatic heterocycles. The van der Waals surface area contributed by atoms with Crippen molar-refractivity contribution < 1.29 is 20.4 Å². The molecule has 5 N–H and O–H groups in total. The van der Waals surface area contributed by atoms with Gasteiger partial charge in [0.1, 0.15) is 12.2 Å². The van der Waals surface area contributed by atoms with Crippen LogP contribution in [0, 0.1) is 17.8 Å². The van der Waals surface area contributed by atoms with E-state index in [1.807, 2.05) is 0 Å². The van der Waals surface area contributed by atoms with Gasteiger partial charge in [0.25, 0.3) is 0 Å². The highest BCUT2D eigenvalue weighted by Crippen LogP contribution is 2.55. The van der Waals surface area contributed by atoms with Gasteiger partial charge < -0.3 is 25.7 Å². The molecule has 0 aliphatic heterocycles. The highest BCUT2D eigenvalue weighted by Gasteiger charge is 2.50. The van der Waals surface area contributed by atoms with Crippen LogP contribution in [0.5, 0.6) is 0 Å². The molecule has 4 bridgehead atoms. The summed E-state index contributed by atoms with van der Waals surface area (Å²) in [5.74, 6) is 2.50. The lowest BCUT2D eigenvalue weighted by atomic mass is 9.53. The van der Waals surface area contributed by atoms with Crippen LogP contribution in [0.25, 0.3) is 0 Å². The van der Waals surface area contributed by atoms with E-state index >= 15 is 0 Å². The number of aliphatic hydroxyl groups excluding tert-OH is 4. The Labute approximate surface area is 120 Å². The van der Waals surface area contributed by atoms with E-state index in [9.17, 15) is 15.3 Å². The highest BCUT2D eigenvalue weighted by molar-refractivity contribution is 5.06. The molecule has 0 saturated heterocycles. The van der Waals surface area contributed by atoms with Crippen molar-refractivity contribution in [1.82, 2.24) is 5.32 Å². The summed E-state index contributed by atoms with van der Waals surface area (Å²) in [6, 6.07) is 0. The SMILES string of the molecule is OC[C@@H](O)[C@@H](O)[C@H](O)CNC12CC3CC(CC(C3)C1)C2. The maximum atomic E-state index is 9.94. The molecule has 4 saturated carbocycles. The van der Waals surface area contributed by atoms with Crippen LogP contribution >= 0.6 is 0 Å². The predicted octanol–water partition coefficient (Wildman–Crippen LogP) is -0.380. The van der Waals surface area contributed by atoms with E-state index in [0.717, 1.165) is 17.8 Å². The number of nitrogens with one attached hydrogen (secondary N) is 1. The smallest absolute Gasteiger partial charge is 0.109 e. The summed E-state index contributed by atoms with van der Waals surface area (Å²) in [6.45, 7) is -0.250. The first-order valence-corrected chi connectivity index (χ1v) is 7.91. The molecule has 4 aliphatic carbocycles. The van der Waals surface area contributed by atoms with Crippen molar-refractivity contribution in [3.05, 3.63) is 0 Å². The molecule has 4 rings (SSSR count). The van der Waals surface area contributed by atoms with Crippen LogP contribution in [0.4, 0.5) is 0 Å². The summed E-state index contributed by atoms with van der Waals surface area (Å²) < 4.78 is 0. The molecule has 0 heterocycles. The Hall–Kier alpha value is -0.200. The minimum Gasteiger partial charge on any atom is -0.394 e. The lowest BCUT2D eigenvalue weighted by molar-refractivity contribution is -0.0829. The maximum Gasteiger partial charge on any atom is 0.109 e. The average Bonchev–Trinajstić information content (AvgIpc) is 2.41. The molecule has 5 heteroatoms. The number of aliphatic hydroxyl groups is 4. The highest BCUT2D eigenvalue weighted by atomic mass is 16.4. The third kappa shape index (κ3) is 2.74. The van der Waals surface area contributed by atoms with Gasteiger partial charge in [-0.3, -0.25) is 0 Å². The molecule has 4 aliphatic rings. The first kappa shape index (κ1) is 14.7. The van der Waals surface area contributed by atoms with E-state index < -0.39 is 24.9 Å². The standard InChI is InChI=1S/C15H27NO4/c17-8-13(19)14(20)12(18)7-16-15-4-9-1-10(5-15)3-11(2-9)6-15/h9-14,16-20H,1-8H2/t9?,10?,11?,12-,13-,14+,15?/m1/s1. The minimum absolute atomic E-state index is 0.139. The van der Waals surface area contributed by atoms with Gasteiger partial charge in [0.05, 0.1) is 12.7 Å². The van der Waals surface area contributed by atoms with Crippen molar-refractivity contribution in [3.8, 4) is 0 Å². The lowest BCUT2D eigenvalue weighted by Gasteiger charge is -2.57. The van der Waals surface area contributed by atoms with Crippen LogP contribution in [0.3, 0.4) is 0 Å². The number of rotatable bonds is 6. The predicted molar refractivity (Wildman–Crippen MR) is 74.0 cm³/mol. The Morgan fingerprint density at radius 2 is 1.40 bits per heavy atom. The van der Waals surface area contributed by atoms with Gasteiger partial charge in [-0.25, -0.2) is 0 Å². The molecular formula is C15H27NO4. The molecule has 0 aromatic carbocycles. The summed E-state index contributed by atoms with van der Waals surface area (Å²) in [6.07, 6.45) is 4.06. The largest absolute Gasteiger partial charge is 0.394 e. The van der Waals surface area contributed by atoms with Gasteiger partial charge >= 0.3 is 0 Å². The first-order chi connectivity index (χ1) is 9.51. The van der Waals surface area contributed by atoms with Crippen molar-refractivity contribution in [2.24, 2.45) is 17.8 Å². The van der Waals surface area contributed by atoms with Crippen LogP contribution in [0.1, 0.15) is 38.5 Å². The average molecular weight is 285 g/mol. The fraction of sp³-hybridized carbons (Fsp3) is 1.00. The van der Waals surface area contributed by atoms with Gasteiger partial charge in [0.2, 0.25) is 0 Å². The van der Waals surface area contributed by atoms with Crippen LogP contribution in [0.2, 0.25) is 0 Å². The number of hydrogen-bond acceptors (Lipinski definition) is 5. The lowest BCUT2D eigenvalue weighted by Crippen LogP contribution is -2.60. The summed E-state index contributed by atoms with van der Waals surface area (Å²) in [7, 11) is 0. The molecule has 0 radical (unpaired) electrons. The fourth-order valence-electron chi connectivity index (χ4n) is 5.13. The van der Waals surface area contributed by atoms with Crippen LogP contribution in [-0.2, 0) is 0 Å². The summed E-state index contributed by atoms with van der Waals surface area (Å²) in [4.78, 5) is 0. The fourth-order valence-corrected chi connectivity index (χ4v) is 5.13. The van der Waals surface area contributed by atoms with E-state index in [1.54, 1.807) is 0 Å². The zero-order valence-corrected chi connectivity index (χ0v) is 11.9. The second-order valence-corrected chi connectivity index (χ2v) is 7.39. The zero-order chi connectivity index (χ0) is 14.3. The second-order valence-electron chi connectivity index (χ2n) is 7.39. The van der Waals surface area contributed by atoms with Crippen molar-refractivity contribution in [1.29, 1.82) is 0 Å². The Kier molecular flexibility index (Phi) is 4.08. The maximum absolute atomic E-state index is 9.94. The van der Waals surface area contributed by atoms with E-state index in [4.69, 9.17) is 5.11 Å².